The summed E-state index contributed by atoms with van der Waals surface area (Å²) in [7, 11) is 0. The van der Waals surface area contributed by atoms with Crippen molar-refractivity contribution in [3.05, 3.63) is 66.0 Å². The molecule has 1 N–H and O–H groups in total. The molecule has 0 bridgehead atoms. The molecule has 8 nitrogen and oxygen atoms in total. The van der Waals surface area contributed by atoms with Gasteiger partial charge in [0, 0.05) is 17.8 Å². The van der Waals surface area contributed by atoms with Crippen LogP contribution in [-0.2, 0) is 6.18 Å². The summed E-state index contributed by atoms with van der Waals surface area (Å²) in [5, 5.41) is 14.3. The first kappa shape index (κ1) is 20.3. The highest BCUT2D eigenvalue weighted by molar-refractivity contribution is 6.07. The second-order valence-corrected chi connectivity index (χ2v) is 6.33. The fraction of sp³-hybridized carbons (Fsp3) is 0.150. The highest BCUT2D eigenvalue weighted by Gasteiger charge is 2.33. The van der Waals surface area contributed by atoms with Gasteiger partial charge in [-0.15, -0.1) is 10.2 Å². The largest absolute Gasteiger partial charge is 0.477 e. The maximum atomic E-state index is 13.4. The van der Waals surface area contributed by atoms with Gasteiger partial charge in [-0.25, -0.2) is 9.50 Å². The summed E-state index contributed by atoms with van der Waals surface area (Å²) in [6, 6.07) is 9.57. The van der Waals surface area contributed by atoms with E-state index < -0.39 is 17.6 Å². The van der Waals surface area contributed by atoms with Gasteiger partial charge in [-0.3, -0.25) is 4.79 Å². The van der Waals surface area contributed by atoms with E-state index in [0.29, 0.717) is 12.5 Å². The first-order valence-electron chi connectivity index (χ1n) is 9.15. The molecule has 0 aliphatic carbocycles. The van der Waals surface area contributed by atoms with Gasteiger partial charge in [0.25, 0.3) is 5.91 Å². The fourth-order valence-corrected chi connectivity index (χ4v) is 2.93. The topological polar surface area (TPSA) is 94.3 Å². The normalized spacial score (nSPS) is 11.5. The summed E-state index contributed by atoms with van der Waals surface area (Å²) < 4.78 is 46.6. The second-order valence-electron chi connectivity index (χ2n) is 6.33. The van der Waals surface area contributed by atoms with Crippen molar-refractivity contribution in [2.45, 2.75) is 13.1 Å². The summed E-state index contributed by atoms with van der Waals surface area (Å²) >= 11 is 0. The molecule has 0 saturated heterocycles. The van der Waals surface area contributed by atoms with E-state index >= 15 is 0 Å². The van der Waals surface area contributed by atoms with Crippen LogP contribution in [-0.4, -0.2) is 37.3 Å². The van der Waals surface area contributed by atoms with Crippen molar-refractivity contribution >= 4 is 17.4 Å². The summed E-state index contributed by atoms with van der Waals surface area (Å²) in [4.78, 5) is 17.0. The van der Waals surface area contributed by atoms with E-state index in [0.717, 1.165) is 6.07 Å². The number of nitrogens with one attached hydrogen (secondary N) is 1. The lowest BCUT2D eigenvalue weighted by atomic mass is 10.0. The fourth-order valence-electron chi connectivity index (χ4n) is 2.93. The second kappa shape index (κ2) is 8.01. The van der Waals surface area contributed by atoms with Gasteiger partial charge in [0.2, 0.25) is 5.88 Å². The molecule has 0 radical (unpaired) electrons. The SMILES string of the molecule is CCOc1ccc(NC(=O)c2cnn3ccc(-c4ccccc4C(F)(F)F)nc23)nn1. The van der Waals surface area contributed by atoms with Crippen LogP contribution in [0, 0.1) is 0 Å². The molecule has 0 spiro atoms. The first-order chi connectivity index (χ1) is 14.9. The van der Waals surface area contributed by atoms with Crippen LogP contribution in [0.5, 0.6) is 5.88 Å². The molecule has 3 aromatic heterocycles. The third-order valence-electron chi connectivity index (χ3n) is 4.30. The number of fused-ring (bicyclic) bond motifs is 1. The number of alkyl halides is 3. The Balaban J connectivity index is 1.67. The minimum Gasteiger partial charge on any atom is -0.477 e. The van der Waals surface area contributed by atoms with Gasteiger partial charge in [0.1, 0.15) is 5.56 Å². The molecule has 1 amide bonds. The van der Waals surface area contributed by atoms with E-state index in [9.17, 15) is 18.0 Å². The zero-order valence-corrected chi connectivity index (χ0v) is 16.1. The highest BCUT2D eigenvalue weighted by Crippen LogP contribution is 2.36. The predicted molar refractivity (Wildman–Crippen MR) is 105 cm³/mol. The third-order valence-corrected chi connectivity index (χ3v) is 4.30. The number of rotatable bonds is 5. The number of amides is 1. The molecule has 0 atom stereocenters. The quantitative estimate of drug-likeness (QED) is 0.519. The number of nitrogens with zero attached hydrogens (tertiary/aromatic N) is 5. The van der Waals surface area contributed by atoms with Crippen molar-refractivity contribution in [3.63, 3.8) is 0 Å². The van der Waals surface area contributed by atoms with Crippen LogP contribution in [0.25, 0.3) is 16.9 Å². The Morgan fingerprint density at radius 3 is 2.65 bits per heavy atom. The monoisotopic (exact) mass is 428 g/mol. The van der Waals surface area contributed by atoms with Gasteiger partial charge in [-0.05, 0) is 25.1 Å². The molecule has 0 aliphatic heterocycles. The van der Waals surface area contributed by atoms with E-state index in [1.807, 2.05) is 0 Å². The first-order valence-corrected chi connectivity index (χ1v) is 9.15. The number of benzene rings is 1. The Kier molecular flexibility index (Phi) is 5.24. The molecule has 11 heteroatoms. The van der Waals surface area contributed by atoms with Gasteiger partial charge in [-0.1, -0.05) is 18.2 Å². The van der Waals surface area contributed by atoms with Crippen molar-refractivity contribution in [2.24, 2.45) is 0 Å². The molecule has 3 heterocycles. The van der Waals surface area contributed by atoms with Crippen LogP contribution < -0.4 is 10.1 Å². The molecule has 4 rings (SSSR count). The Bertz CT molecular complexity index is 1240. The van der Waals surface area contributed by atoms with Crippen LogP contribution in [0.15, 0.2) is 54.9 Å². The van der Waals surface area contributed by atoms with Crippen LogP contribution in [0.3, 0.4) is 0 Å². The number of halogens is 3. The van der Waals surface area contributed by atoms with E-state index in [-0.39, 0.29) is 28.3 Å². The molecule has 158 valence electrons. The molecule has 0 aliphatic rings. The summed E-state index contributed by atoms with van der Waals surface area (Å²) in [5.74, 6) is -0.0975. The number of hydrogen-bond acceptors (Lipinski definition) is 6. The molecular formula is C20H15F3N6O2. The number of carbonyl (C=O) groups excluding carboxylic acids is 1. The van der Waals surface area contributed by atoms with Crippen molar-refractivity contribution in [2.75, 3.05) is 11.9 Å². The van der Waals surface area contributed by atoms with Gasteiger partial charge >= 0.3 is 6.18 Å². The van der Waals surface area contributed by atoms with E-state index in [4.69, 9.17) is 4.74 Å². The molecule has 1 aromatic carbocycles. The number of hydrogen-bond donors (Lipinski definition) is 1. The zero-order chi connectivity index (χ0) is 22.0. The van der Waals surface area contributed by atoms with Crippen molar-refractivity contribution in [1.29, 1.82) is 0 Å². The van der Waals surface area contributed by atoms with Gasteiger partial charge in [-0.2, -0.15) is 18.3 Å². The number of anilines is 1. The molecule has 0 saturated carbocycles. The van der Waals surface area contributed by atoms with Crippen molar-refractivity contribution in [1.82, 2.24) is 24.8 Å². The van der Waals surface area contributed by atoms with Crippen LogP contribution in [0.1, 0.15) is 22.8 Å². The van der Waals surface area contributed by atoms with Crippen molar-refractivity contribution in [3.8, 4) is 17.1 Å². The maximum absolute atomic E-state index is 13.4. The number of ether oxygens (including phenoxy) is 1. The highest BCUT2D eigenvalue weighted by atomic mass is 19.4. The van der Waals surface area contributed by atoms with E-state index in [1.54, 1.807) is 13.0 Å². The lowest BCUT2D eigenvalue weighted by Gasteiger charge is -2.12. The minimum absolute atomic E-state index is 0.0656. The molecule has 0 unspecified atom stereocenters. The zero-order valence-electron chi connectivity index (χ0n) is 16.1. The van der Waals surface area contributed by atoms with Gasteiger partial charge in [0.15, 0.2) is 11.5 Å². The summed E-state index contributed by atoms with van der Waals surface area (Å²) in [6.45, 7) is 2.23. The molecule has 0 fully saturated rings. The molecule has 31 heavy (non-hydrogen) atoms. The summed E-state index contributed by atoms with van der Waals surface area (Å²) in [6.07, 6.45) is -1.82. The average molecular weight is 428 g/mol. The predicted octanol–water partition coefficient (Wildman–Crippen LogP) is 3.86. The number of aromatic nitrogens is 5. The van der Waals surface area contributed by atoms with Crippen molar-refractivity contribution < 1.29 is 22.7 Å². The molecule has 4 aromatic rings. The van der Waals surface area contributed by atoms with E-state index in [1.165, 1.54) is 47.2 Å². The Labute approximate surface area is 173 Å². The van der Waals surface area contributed by atoms with Crippen LogP contribution in [0.4, 0.5) is 19.0 Å². The Morgan fingerprint density at radius 1 is 1.13 bits per heavy atom. The standard InChI is InChI=1S/C20H15F3N6O2/c1-2-31-17-8-7-16(27-28-17)26-19(30)13-11-24-29-10-9-15(25-18(13)29)12-5-3-4-6-14(12)20(21,22)23/h3-11H,2H2,1H3,(H,26,27,30). The third kappa shape index (κ3) is 4.15. The molecular weight excluding hydrogens is 413 g/mol. The van der Waals surface area contributed by atoms with Crippen LogP contribution in [0.2, 0.25) is 0 Å². The van der Waals surface area contributed by atoms with Gasteiger partial charge < -0.3 is 10.1 Å². The maximum Gasteiger partial charge on any atom is 0.417 e. The van der Waals surface area contributed by atoms with E-state index in [2.05, 4.69) is 25.6 Å². The summed E-state index contributed by atoms with van der Waals surface area (Å²) in [5.41, 5.74) is -0.673. The Hall–Kier alpha value is -4.02. The minimum atomic E-state index is -4.54. The Morgan fingerprint density at radius 2 is 1.94 bits per heavy atom. The number of carbonyl (C=O) groups is 1. The van der Waals surface area contributed by atoms with Crippen LogP contribution >= 0.6 is 0 Å². The lowest BCUT2D eigenvalue weighted by Crippen LogP contribution is -2.14. The smallest absolute Gasteiger partial charge is 0.417 e. The van der Waals surface area contributed by atoms with Gasteiger partial charge in [0.05, 0.1) is 24.1 Å². The lowest BCUT2D eigenvalue weighted by molar-refractivity contribution is -0.137. The average Bonchev–Trinajstić information content (AvgIpc) is 3.18.